The van der Waals surface area contributed by atoms with Crippen molar-refractivity contribution in [2.24, 2.45) is 4.99 Å². The van der Waals surface area contributed by atoms with Crippen LogP contribution in [0.3, 0.4) is 0 Å². The Kier molecular flexibility index (Phi) is 6.88. The highest BCUT2D eigenvalue weighted by Crippen LogP contribution is 2.40. The number of hydrogen-bond donors (Lipinski definition) is 0. The van der Waals surface area contributed by atoms with Crippen molar-refractivity contribution in [3.8, 4) is 5.75 Å². The van der Waals surface area contributed by atoms with Gasteiger partial charge in [0.1, 0.15) is 11.8 Å². The van der Waals surface area contributed by atoms with Gasteiger partial charge in [-0.05, 0) is 42.3 Å². The maximum absolute atomic E-state index is 13.8. The number of benzene rings is 3. The number of aromatic nitrogens is 1. The minimum absolute atomic E-state index is 0.212. The van der Waals surface area contributed by atoms with Crippen LogP contribution in [-0.2, 0) is 9.53 Å². The van der Waals surface area contributed by atoms with Gasteiger partial charge in [-0.15, -0.1) is 0 Å². The summed E-state index contributed by atoms with van der Waals surface area (Å²) < 4.78 is 13.3. The zero-order valence-electron chi connectivity index (χ0n) is 20.8. The van der Waals surface area contributed by atoms with Gasteiger partial charge in [-0.3, -0.25) is 9.36 Å². The van der Waals surface area contributed by atoms with Crippen molar-refractivity contribution in [1.82, 2.24) is 4.57 Å². The van der Waals surface area contributed by atoms with Crippen LogP contribution in [0.2, 0.25) is 0 Å². The van der Waals surface area contributed by atoms with Gasteiger partial charge in [-0.1, -0.05) is 84.2 Å². The summed E-state index contributed by atoms with van der Waals surface area (Å²) in [5, 5.41) is 1.87. The van der Waals surface area contributed by atoms with Crippen LogP contribution in [-0.4, -0.2) is 24.3 Å². The van der Waals surface area contributed by atoms with Crippen LogP contribution in [0.15, 0.2) is 93.9 Å². The highest BCUT2D eigenvalue weighted by atomic mass is 32.1. The third-order valence-electron chi connectivity index (χ3n) is 6.28. The molecule has 1 aliphatic heterocycles. The second-order valence-electron chi connectivity index (χ2n) is 8.50. The van der Waals surface area contributed by atoms with E-state index >= 15 is 0 Å². The Morgan fingerprint density at radius 2 is 1.84 bits per heavy atom. The average Bonchev–Trinajstić information content (AvgIpc) is 3.22. The molecule has 0 radical (unpaired) electrons. The van der Waals surface area contributed by atoms with Crippen LogP contribution in [0.4, 0.5) is 0 Å². The van der Waals surface area contributed by atoms with Gasteiger partial charge in [0, 0.05) is 5.56 Å². The predicted molar refractivity (Wildman–Crippen MR) is 147 cm³/mol. The van der Waals surface area contributed by atoms with Crippen molar-refractivity contribution in [3.63, 3.8) is 0 Å². The molecule has 0 aliphatic carbocycles. The topological polar surface area (TPSA) is 69.9 Å². The number of thiazole rings is 1. The number of rotatable bonds is 6. The van der Waals surface area contributed by atoms with E-state index < -0.39 is 12.0 Å². The van der Waals surface area contributed by atoms with E-state index in [0.29, 0.717) is 26.4 Å². The first-order chi connectivity index (χ1) is 18.0. The van der Waals surface area contributed by atoms with E-state index in [1.807, 2.05) is 78.9 Å². The number of esters is 1. The molecular weight excluding hydrogens is 484 g/mol. The minimum Gasteiger partial charge on any atom is -0.496 e. The molecular formula is C30H26N2O4S. The van der Waals surface area contributed by atoms with Gasteiger partial charge in [0.25, 0.3) is 5.56 Å². The van der Waals surface area contributed by atoms with Gasteiger partial charge in [0.2, 0.25) is 0 Å². The Hall–Kier alpha value is -4.23. The quantitative estimate of drug-likeness (QED) is 0.355. The Balaban J connectivity index is 1.77. The third kappa shape index (κ3) is 4.54. The largest absolute Gasteiger partial charge is 0.496 e. The number of nitrogens with zero attached hydrogens (tertiary/aromatic N) is 2. The van der Waals surface area contributed by atoms with Crippen molar-refractivity contribution in [3.05, 3.63) is 115 Å². The van der Waals surface area contributed by atoms with Gasteiger partial charge in [-0.25, -0.2) is 9.79 Å². The number of methoxy groups -OCH3 is 1. The molecule has 0 spiro atoms. The summed E-state index contributed by atoms with van der Waals surface area (Å²) >= 11 is 1.30. The van der Waals surface area contributed by atoms with E-state index in [-0.39, 0.29) is 12.2 Å². The second-order valence-corrected chi connectivity index (χ2v) is 9.51. The summed E-state index contributed by atoms with van der Waals surface area (Å²) in [5.41, 5.74) is 2.38. The molecule has 5 rings (SSSR count). The maximum Gasteiger partial charge on any atom is 0.338 e. The maximum atomic E-state index is 13.8. The number of ether oxygens (including phenoxy) is 2. The molecule has 1 aliphatic rings. The highest BCUT2D eigenvalue weighted by Gasteiger charge is 2.36. The van der Waals surface area contributed by atoms with E-state index in [9.17, 15) is 9.59 Å². The van der Waals surface area contributed by atoms with Gasteiger partial charge in [0.15, 0.2) is 4.80 Å². The highest BCUT2D eigenvalue weighted by molar-refractivity contribution is 7.07. The van der Waals surface area contributed by atoms with Crippen LogP contribution < -0.4 is 19.6 Å². The molecule has 0 unspecified atom stereocenters. The zero-order chi connectivity index (χ0) is 25.9. The van der Waals surface area contributed by atoms with Crippen molar-refractivity contribution in [1.29, 1.82) is 0 Å². The molecule has 3 aromatic carbocycles. The Morgan fingerprint density at radius 3 is 2.59 bits per heavy atom. The third-order valence-corrected chi connectivity index (χ3v) is 7.28. The van der Waals surface area contributed by atoms with Gasteiger partial charge in [-0.2, -0.15) is 0 Å². The normalized spacial score (nSPS) is 15.6. The number of allylic oxidation sites excluding steroid dienone is 2. The molecule has 4 aromatic rings. The number of carbonyl (C=O) groups excluding carboxylic acids is 1. The fourth-order valence-electron chi connectivity index (χ4n) is 4.63. The van der Waals surface area contributed by atoms with Crippen LogP contribution in [0.5, 0.6) is 5.75 Å². The summed E-state index contributed by atoms with van der Waals surface area (Å²) in [5.74, 6) is 0.0840. The van der Waals surface area contributed by atoms with Crippen LogP contribution in [0, 0.1) is 0 Å². The fraction of sp³-hybridized carbons (Fsp3) is 0.167. The Bertz CT molecular complexity index is 1730. The van der Waals surface area contributed by atoms with E-state index in [1.54, 1.807) is 31.6 Å². The van der Waals surface area contributed by atoms with Crippen LogP contribution >= 0.6 is 11.3 Å². The Labute approximate surface area is 218 Å². The zero-order valence-corrected chi connectivity index (χ0v) is 21.6. The molecule has 0 amide bonds. The smallest absolute Gasteiger partial charge is 0.338 e. The fourth-order valence-corrected chi connectivity index (χ4v) is 5.62. The predicted octanol–water partition coefficient (Wildman–Crippen LogP) is 4.63. The molecule has 7 heteroatoms. The van der Waals surface area contributed by atoms with Gasteiger partial charge in [0.05, 0.1) is 29.5 Å². The molecule has 0 saturated carbocycles. The van der Waals surface area contributed by atoms with Crippen LogP contribution in [0.1, 0.15) is 31.0 Å². The first-order valence-electron chi connectivity index (χ1n) is 12.0. The molecule has 0 saturated heterocycles. The molecule has 1 atom stereocenters. The SMILES string of the molecule is CCOC(=O)C1=C(C)N=c2s/c(=C/C=C/c3ccccc3)c(=O)n2[C@@H]1c1c(OC)ccc2ccccc12. The summed E-state index contributed by atoms with van der Waals surface area (Å²) in [7, 11) is 1.59. The van der Waals surface area contributed by atoms with E-state index in [0.717, 1.165) is 21.9 Å². The number of fused-ring (bicyclic) bond motifs is 2. The van der Waals surface area contributed by atoms with Crippen molar-refractivity contribution < 1.29 is 14.3 Å². The molecule has 186 valence electrons. The second kappa shape index (κ2) is 10.4. The van der Waals surface area contributed by atoms with Gasteiger partial charge < -0.3 is 9.47 Å². The Morgan fingerprint density at radius 1 is 1.08 bits per heavy atom. The van der Waals surface area contributed by atoms with E-state index in [1.165, 1.54) is 11.3 Å². The first kappa shape index (κ1) is 24.5. The monoisotopic (exact) mass is 510 g/mol. The van der Waals surface area contributed by atoms with Crippen LogP contribution in [0.25, 0.3) is 22.9 Å². The number of carbonyl (C=O) groups is 1. The molecule has 0 fully saturated rings. The molecule has 37 heavy (non-hydrogen) atoms. The molecule has 0 bridgehead atoms. The number of hydrogen-bond acceptors (Lipinski definition) is 6. The standard InChI is InChI=1S/C30H26N2O4S/c1-4-36-29(34)25-19(2)31-30-32(28(33)24(37-30)16-10-13-20-11-6-5-7-12-20)27(25)26-22-15-9-8-14-21(22)17-18-23(26)35-3/h5-18,27H,4H2,1-3H3/b13-10+,24-16+/t27-/m0/s1. The first-order valence-corrected chi connectivity index (χ1v) is 12.8. The summed E-state index contributed by atoms with van der Waals surface area (Å²) in [4.78, 5) is 32.3. The summed E-state index contributed by atoms with van der Waals surface area (Å²) in [6.45, 7) is 3.75. The molecule has 1 aromatic heterocycles. The van der Waals surface area contributed by atoms with E-state index in [4.69, 9.17) is 9.47 Å². The lowest BCUT2D eigenvalue weighted by Crippen LogP contribution is -2.40. The lowest BCUT2D eigenvalue weighted by molar-refractivity contribution is -0.139. The molecule has 6 nitrogen and oxygen atoms in total. The summed E-state index contributed by atoms with van der Waals surface area (Å²) in [6, 6.07) is 20.8. The van der Waals surface area contributed by atoms with Crippen molar-refractivity contribution in [2.45, 2.75) is 19.9 Å². The summed E-state index contributed by atoms with van der Waals surface area (Å²) in [6.07, 6.45) is 5.59. The average molecular weight is 511 g/mol. The van der Waals surface area contributed by atoms with E-state index in [2.05, 4.69) is 4.99 Å². The van der Waals surface area contributed by atoms with Crippen molar-refractivity contribution >= 4 is 40.2 Å². The lowest BCUT2D eigenvalue weighted by Gasteiger charge is -2.27. The molecule has 2 heterocycles. The molecule has 0 N–H and O–H groups in total. The lowest BCUT2D eigenvalue weighted by atomic mass is 9.90. The van der Waals surface area contributed by atoms with Gasteiger partial charge >= 0.3 is 5.97 Å². The van der Waals surface area contributed by atoms with Crippen molar-refractivity contribution in [2.75, 3.05) is 13.7 Å². The minimum atomic E-state index is -0.753.